The van der Waals surface area contributed by atoms with Crippen molar-refractivity contribution in [2.24, 2.45) is 17.8 Å². The topological polar surface area (TPSA) is 20.3 Å². The summed E-state index contributed by atoms with van der Waals surface area (Å²) in [5.41, 5.74) is 0. The lowest BCUT2D eigenvalue weighted by molar-refractivity contribution is -0.137. The van der Waals surface area contributed by atoms with E-state index in [0.717, 1.165) is 24.8 Å². The van der Waals surface area contributed by atoms with E-state index < -0.39 is 0 Å². The number of rotatable bonds is 5. The number of nitrogens with zero attached hydrogens (tertiary/aromatic N) is 1. The van der Waals surface area contributed by atoms with Crippen molar-refractivity contribution < 1.29 is 4.79 Å². The smallest absolute Gasteiger partial charge is 0.226 e. The Hall–Kier alpha value is -0.240. The van der Waals surface area contributed by atoms with Crippen LogP contribution in [-0.2, 0) is 4.79 Å². The number of alkyl halides is 1. The first-order valence-electron chi connectivity index (χ1n) is 7.19. The lowest BCUT2D eigenvalue weighted by Gasteiger charge is -2.38. The molecule has 96 valence electrons. The maximum absolute atomic E-state index is 12.5. The molecule has 0 heterocycles. The highest BCUT2D eigenvalue weighted by atomic mass is 35.5. The molecule has 0 aromatic carbocycles. The van der Waals surface area contributed by atoms with Crippen LogP contribution in [0.2, 0.25) is 0 Å². The molecule has 3 saturated carbocycles. The third-order valence-corrected chi connectivity index (χ3v) is 5.29. The van der Waals surface area contributed by atoms with E-state index in [4.69, 9.17) is 11.6 Å². The normalized spacial score (nSPS) is 35.2. The maximum Gasteiger partial charge on any atom is 0.226 e. The van der Waals surface area contributed by atoms with Gasteiger partial charge in [0.15, 0.2) is 0 Å². The monoisotopic (exact) mass is 255 g/mol. The van der Waals surface area contributed by atoms with Crippen molar-refractivity contribution in [2.75, 3.05) is 12.4 Å². The molecule has 2 unspecified atom stereocenters. The fourth-order valence-corrected chi connectivity index (χ4v) is 3.90. The van der Waals surface area contributed by atoms with Crippen LogP contribution in [0.3, 0.4) is 0 Å². The summed E-state index contributed by atoms with van der Waals surface area (Å²) in [4.78, 5) is 14.7. The van der Waals surface area contributed by atoms with Crippen molar-refractivity contribution in [3.05, 3.63) is 0 Å². The molecule has 0 spiro atoms. The predicted octanol–water partition coefficient (Wildman–Crippen LogP) is 3.04. The van der Waals surface area contributed by atoms with Crippen LogP contribution in [0.25, 0.3) is 0 Å². The van der Waals surface area contributed by atoms with Crippen molar-refractivity contribution in [3.63, 3.8) is 0 Å². The summed E-state index contributed by atoms with van der Waals surface area (Å²) in [6, 6.07) is 0.548. The summed E-state index contributed by atoms with van der Waals surface area (Å²) in [6.07, 6.45) is 8.64. The van der Waals surface area contributed by atoms with Gasteiger partial charge in [0.2, 0.25) is 5.91 Å². The van der Waals surface area contributed by atoms with Crippen LogP contribution in [0.1, 0.15) is 44.9 Å². The fraction of sp³-hybridized carbons (Fsp3) is 0.929. The van der Waals surface area contributed by atoms with Crippen LogP contribution in [0.5, 0.6) is 0 Å². The minimum atomic E-state index is 0.402. The van der Waals surface area contributed by atoms with E-state index in [9.17, 15) is 4.79 Å². The van der Waals surface area contributed by atoms with Gasteiger partial charge in [-0.05, 0) is 50.4 Å². The van der Waals surface area contributed by atoms with Crippen LogP contribution in [-0.4, -0.2) is 29.3 Å². The maximum atomic E-state index is 12.5. The minimum absolute atomic E-state index is 0.402. The third-order valence-electron chi connectivity index (χ3n) is 5.02. The molecule has 0 aromatic rings. The van der Waals surface area contributed by atoms with Crippen LogP contribution >= 0.6 is 11.6 Å². The Morgan fingerprint density at radius 1 is 1.12 bits per heavy atom. The first kappa shape index (κ1) is 11.8. The van der Waals surface area contributed by atoms with Crippen molar-refractivity contribution in [1.82, 2.24) is 4.90 Å². The number of hydrogen-bond acceptors (Lipinski definition) is 1. The molecule has 3 rings (SSSR count). The summed E-state index contributed by atoms with van der Waals surface area (Å²) in [7, 11) is 0. The molecular weight excluding hydrogens is 234 g/mol. The third kappa shape index (κ3) is 2.09. The summed E-state index contributed by atoms with van der Waals surface area (Å²) >= 11 is 5.77. The number of amides is 1. The van der Waals surface area contributed by atoms with Gasteiger partial charge in [-0.15, -0.1) is 11.6 Å². The van der Waals surface area contributed by atoms with Gasteiger partial charge in [0, 0.05) is 24.4 Å². The van der Waals surface area contributed by atoms with E-state index in [1.165, 1.54) is 38.5 Å². The van der Waals surface area contributed by atoms with Crippen LogP contribution in [0, 0.1) is 17.8 Å². The van der Waals surface area contributed by atoms with Crippen molar-refractivity contribution in [3.8, 4) is 0 Å². The molecule has 2 atom stereocenters. The zero-order chi connectivity index (χ0) is 11.8. The molecule has 1 amide bonds. The number of halogens is 1. The van der Waals surface area contributed by atoms with E-state index in [0.29, 0.717) is 23.7 Å². The van der Waals surface area contributed by atoms with E-state index in [-0.39, 0.29) is 0 Å². The van der Waals surface area contributed by atoms with Gasteiger partial charge < -0.3 is 4.90 Å². The second-order valence-electron chi connectivity index (χ2n) is 5.94. The highest BCUT2D eigenvalue weighted by molar-refractivity contribution is 6.17. The van der Waals surface area contributed by atoms with Gasteiger partial charge in [0.25, 0.3) is 0 Å². The molecule has 0 radical (unpaired) electrons. The van der Waals surface area contributed by atoms with E-state index in [2.05, 4.69) is 4.90 Å². The molecule has 3 heteroatoms. The standard InChI is InChI=1S/C14H22ClNO/c15-8-3-9-16(10-4-1-5-10)14(17)13-11-6-2-7-12(11)13/h10-13H,1-9H2. The molecule has 0 N–H and O–H groups in total. The molecule has 3 fully saturated rings. The zero-order valence-electron chi connectivity index (χ0n) is 10.4. The minimum Gasteiger partial charge on any atom is -0.339 e. The Morgan fingerprint density at radius 3 is 2.29 bits per heavy atom. The van der Waals surface area contributed by atoms with Crippen molar-refractivity contribution in [2.45, 2.75) is 51.0 Å². The SMILES string of the molecule is O=C(C1C2CCCC21)N(CCCCl)C1CCC1. The Bertz CT molecular complexity index is 293. The van der Waals surface area contributed by atoms with E-state index in [1.54, 1.807) is 0 Å². The van der Waals surface area contributed by atoms with Crippen LogP contribution in [0.15, 0.2) is 0 Å². The van der Waals surface area contributed by atoms with Gasteiger partial charge in [-0.1, -0.05) is 6.42 Å². The molecule has 0 aliphatic heterocycles. The Morgan fingerprint density at radius 2 is 1.76 bits per heavy atom. The summed E-state index contributed by atoms with van der Waals surface area (Å²) < 4.78 is 0. The highest BCUT2D eigenvalue weighted by Gasteiger charge is 2.57. The second kappa shape index (κ2) is 4.79. The molecule has 2 nitrogen and oxygen atoms in total. The van der Waals surface area contributed by atoms with Crippen LogP contribution in [0.4, 0.5) is 0 Å². The fourth-order valence-electron chi connectivity index (χ4n) is 3.78. The molecule has 0 aromatic heterocycles. The van der Waals surface area contributed by atoms with Gasteiger partial charge in [0.05, 0.1) is 0 Å². The number of carbonyl (C=O) groups excluding carboxylic acids is 1. The zero-order valence-corrected chi connectivity index (χ0v) is 11.2. The average Bonchev–Trinajstić information content (AvgIpc) is 2.74. The average molecular weight is 256 g/mol. The van der Waals surface area contributed by atoms with Gasteiger partial charge in [0.1, 0.15) is 0 Å². The summed E-state index contributed by atoms with van der Waals surface area (Å²) in [5.74, 6) is 3.05. The van der Waals surface area contributed by atoms with Crippen LogP contribution < -0.4 is 0 Å². The largest absolute Gasteiger partial charge is 0.339 e. The second-order valence-corrected chi connectivity index (χ2v) is 6.32. The van der Waals surface area contributed by atoms with Gasteiger partial charge >= 0.3 is 0 Å². The lowest BCUT2D eigenvalue weighted by Crippen LogP contribution is -2.46. The molecule has 0 saturated heterocycles. The van der Waals surface area contributed by atoms with Gasteiger partial charge in [-0.3, -0.25) is 4.79 Å². The summed E-state index contributed by atoms with van der Waals surface area (Å²) in [5, 5.41) is 0. The number of hydrogen-bond donors (Lipinski definition) is 0. The van der Waals surface area contributed by atoms with Gasteiger partial charge in [-0.2, -0.15) is 0 Å². The van der Waals surface area contributed by atoms with E-state index in [1.807, 2.05) is 0 Å². The Balaban J connectivity index is 1.60. The Labute approximate surface area is 109 Å². The molecule has 3 aliphatic carbocycles. The number of fused-ring (bicyclic) bond motifs is 1. The van der Waals surface area contributed by atoms with E-state index >= 15 is 0 Å². The Kier molecular flexibility index (Phi) is 3.34. The molecule has 3 aliphatic rings. The molecule has 17 heavy (non-hydrogen) atoms. The van der Waals surface area contributed by atoms with Gasteiger partial charge in [-0.25, -0.2) is 0 Å². The highest BCUT2D eigenvalue weighted by Crippen LogP contribution is 2.58. The van der Waals surface area contributed by atoms with Crippen molar-refractivity contribution >= 4 is 17.5 Å². The molecular formula is C14H22ClNO. The summed E-state index contributed by atoms with van der Waals surface area (Å²) in [6.45, 7) is 0.892. The first-order valence-corrected chi connectivity index (χ1v) is 7.73. The number of carbonyl (C=O) groups is 1. The van der Waals surface area contributed by atoms with Crippen molar-refractivity contribution in [1.29, 1.82) is 0 Å². The molecule has 0 bridgehead atoms. The quantitative estimate of drug-likeness (QED) is 0.692. The lowest BCUT2D eigenvalue weighted by atomic mass is 9.90. The first-order chi connectivity index (χ1) is 8.33. The predicted molar refractivity (Wildman–Crippen MR) is 69.0 cm³/mol.